The molecule has 1 N–H and O–H groups in total. The highest BCUT2D eigenvalue weighted by atomic mass is 19.3. The minimum absolute atomic E-state index is 0.0354. The molecule has 2 aliphatic heterocycles. The Morgan fingerprint density at radius 3 is 2.73 bits per heavy atom. The summed E-state index contributed by atoms with van der Waals surface area (Å²) in [5.41, 5.74) is -0.903. The number of aromatic hydroxyl groups is 1. The lowest BCUT2D eigenvalue weighted by atomic mass is 10.0. The Balaban J connectivity index is 1.65. The Hall–Kier alpha value is -3.43. The first-order chi connectivity index (χ1) is 15.8. The molecular formula is C23H25F2N3O5. The van der Waals surface area contributed by atoms with E-state index < -0.39 is 29.5 Å². The Labute approximate surface area is 188 Å². The van der Waals surface area contributed by atoms with Crippen molar-refractivity contribution in [1.82, 2.24) is 9.58 Å². The zero-order valence-corrected chi connectivity index (χ0v) is 18.2. The molecule has 1 saturated heterocycles. The van der Waals surface area contributed by atoms with E-state index in [1.54, 1.807) is 23.1 Å². The molecule has 0 spiro atoms. The minimum atomic E-state index is -3.00. The molecule has 4 rings (SSSR count). The number of para-hydroxylation sites is 1. The third kappa shape index (κ3) is 4.17. The second-order valence-corrected chi connectivity index (χ2v) is 8.05. The number of nitrogens with zero attached hydrogens (tertiary/aromatic N) is 3. The molecule has 3 heterocycles. The lowest BCUT2D eigenvalue weighted by Gasteiger charge is -2.48. The van der Waals surface area contributed by atoms with E-state index >= 15 is 0 Å². The van der Waals surface area contributed by atoms with E-state index in [1.165, 1.54) is 16.9 Å². The molecule has 0 aliphatic carbocycles. The number of alkyl halides is 2. The van der Waals surface area contributed by atoms with Crippen LogP contribution in [0.5, 0.6) is 11.5 Å². The molecule has 1 amide bonds. The number of halogens is 2. The summed E-state index contributed by atoms with van der Waals surface area (Å²) in [5.74, 6) is -1.80. The normalized spacial score (nSPS) is 17.7. The van der Waals surface area contributed by atoms with Crippen LogP contribution in [0.15, 0.2) is 35.3 Å². The second kappa shape index (κ2) is 9.21. The van der Waals surface area contributed by atoms with Gasteiger partial charge in [0.05, 0.1) is 5.56 Å². The van der Waals surface area contributed by atoms with Gasteiger partial charge in [-0.05, 0) is 44.2 Å². The molecule has 2 aromatic rings. The van der Waals surface area contributed by atoms with Crippen molar-refractivity contribution in [2.24, 2.45) is 0 Å². The third-order valence-electron chi connectivity index (χ3n) is 6.16. The molecule has 0 radical (unpaired) electrons. The smallest absolute Gasteiger partial charge is 0.387 e. The Bertz CT molecular complexity index is 1130. The number of piperidine rings is 1. The van der Waals surface area contributed by atoms with Crippen molar-refractivity contribution in [3.05, 3.63) is 57.5 Å². The summed E-state index contributed by atoms with van der Waals surface area (Å²) in [6.07, 6.45) is 3.58. The number of fused-ring (bicyclic) bond motifs is 3. The summed E-state index contributed by atoms with van der Waals surface area (Å²) in [5, 5.41) is 12.5. The Morgan fingerprint density at radius 1 is 1.24 bits per heavy atom. The number of Topliss-reactive ketones (excluding diaryl/α,β-unsaturated/α-hetero) is 1. The predicted octanol–water partition coefficient (Wildman–Crippen LogP) is 2.89. The predicted molar refractivity (Wildman–Crippen MR) is 116 cm³/mol. The quantitative estimate of drug-likeness (QED) is 0.638. The second-order valence-electron chi connectivity index (χ2n) is 8.05. The van der Waals surface area contributed by atoms with E-state index in [0.717, 1.165) is 19.3 Å². The van der Waals surface area contributed by atoms with Crippen LogP contribution in [-0.4, -0.2) is 52.2 Å². The van der Waals surface area contributed by atoms with Crippen molar-refractivity contribution in [3.8, 4) is 11.5 Å². The number of ether oxygens (including phenoxy) is 1. The molecule has 10 heteroatoms. The van der Waals surface area contributed by atoms with E-state index in [1.807, 2.05) is 11.9 Å². The van der Waals surface area contributed by atoms with E-state index in [9.17, 15) is 28.3 Å². The maximum Gasteiger partial charge on any atom is 0.387 e. The number of amides is 1. The van der Waals surface area contributed by atoms with Gasteiger partial charge < -0.3 is 14.7 Å². The number of pyridine rings is 1. The molecule has 0 unspecified atom stereocenters. The van der Waals surface area contributed by atoms with Crippen LogP contribution in [0.25, 0.3) is 0 Å². The number of hydrogen-bond donors (Lipinski definition) is 1. The number of carbonyl (C=O) groups excluding carboxylic acids is 2. The van der Waals surface area contributed by atoms with Gasteiger partial charge in [0, 0.05) is 25.7 Å². The van der Waals surface area contributed by atoms with Crippen LogP contribution in [0.2, 0.25) is 0 Å². The number of benzene rings is 1. The van der Waals surface area contributed by atoms with Crippen LogP contribution in [-0.2, 0) is 6.42 Å². The van der Waals surface area contributed by atoms with Crippen LogP contribution in [0.1, 0.15) is 59.0 Å². The van der Waals surface area contributed by atoms with Crippen molar-refractivity contribution in [1.29, 1.82) is 0 Å². The fourth-order valence-corrected chi connectivity index (χ4v) is 4.59. The van der Waals surface area contributed by atoms with E-state index in [4.69, 9.17) is 0 Å². The zero-order valence-electron chi connectivity index (χ0n) is 18.2. The fourth-order valence-electron chi connectivity index (χ4n) is 4.59. The van der Waals surface area contributed by atoms with Crippen molar-refractivity contribution in [3.63, 3.8) is 0 Å². The number of carbonyl (C=O) groups is 2. The van der Waals surface area contributed by atoms with Crippen LogP contribution >= 0.6 is 0 Å². The number of hydrogen-bond acceptors (Lipinski definition) is 6. The first kappa shape index (κ1) is 22.8. The summed E-state index contributed by atoms with van der Waals surface area (Å²) >= 11 is 0. The van der Waals surface area contributed by atoms with Gasteiger partial charge in [0.1, 0.15) is 11.9 Å². The SMILES string of the molecule is CCN1C(=O)c2c(O)c(=O)c(C(=O)CCc3ccccc3OC(F)F)cn2N2CCCC[C@@H]12. The highest BCUT2D eigenvalue weighted by molar-refractivity contribution is 6.00. The average molecular weight is 461 g/mol. The van der Waals surface area contributed by atoms with Gasteiger partial charge in [-0.3, -0.25) is 24.1 Å². The molecule has 176 valence electrons. The average Bonchev–Trinajstić information content (AvgIpc) is 2.80. The van der Waals surface area contributed by atoms with Crippen molar-refractivity contribution in [2.75, 3.05) is 18.1 Å². The lowest BCUT2D eigenvalue weighted by molar-refractivity contribution is -0.0504. The van der Waals surface area contributed by atoms with Crippen molar-refractivity contribution in [2.45, 2.75) is 51.8 Å². The number of ketones is 1. The summed E-state index contributed by atoms with van der Waals surface area (Å²) < 4.78 is 31.2. The molecule has 1 aromatic carbocycles. The topological polar surface area (TPSA) is 92.1 Å². The molecule has 0 saturated carbocycles. The van der Waals surface area contributed by atoms with E-state index in [0.29, 0.717) is 18.7 Å². The van der Waals surface area contributed by atoms with E-state index in [2.05, 4.69) is 4.74 Å². The fraction of sp³-hybridized carbons (Fsp3) is 0.435. The lowest BCUT2D eigenvalue weighted by Crippen LogP contribution is -2.63. The summed E-state index contributed by atoms with van der Waals surface area (Å²) in [6.45, 7) is -0.130. The van der Waals surface area contributed by atoms with E-state index in [-0.39, 0.29) is 36.0 Å². The molecule has 0 bridgehead atoms. The molecular weight excluding hydrogens is 436 g/mol. The molecule has 8 nitrogen and oxygen atoms in total. The van der Waals surface area contributed by atoms with Crippen molar-refractivity contribution < 1.29 is 28.2 Å². The monoisotopic (exact) mass is 461 g/mol. The molecule has 1 fully saturated rings. The molecule has 1 aromatic heterocycles. The van der Waals surface area contributed by atoms with Crippen molar-refractivity contribution >= 4 is 11.7 Å². The zero-order chi connectivity index (χ0) is 23.7. The van der Waals surface area contributed by atoms with Gasteiger partial charge in [0.15, 0.2) is 17.2 Å². The maximum atomic E-state index is 13.0. The van der Waals surface area contributed by atoms with Gasteiger partial charge in [-0.2, -0.15) is 8.78 Å². The Kier molecular flexibility index (Phi) is 6.35. The van der Waals surface area contributed by atoms with Gasteiger partial charge in [-0.15, -0.1) is 0 Å². The van der Waals surface area contributed by atoms with Gasteiger partial charge in [-0.1, -0.05) is 18.2 Å². The largest absolute Gasteiger partial charge is 0.502 e. The minimum Gasteiger partial charge on any atom is -0.502 e. The Morgan fingerprint density at radius 2 is 2.00 bits per heavy atom. The van der Waals surface area contributed by atoms with Gasteiger partial charge in [0.2, 0.25) is 5.43 Å². The standard InChI is InChI=1S/C23H25F2N3O5/c1-2-26-18-9-5-6-12-27(18)28-13-15(20(30)21(31)19(28)22(26)32)16(29)11-10-14-7-3-4-8-17(14)33-23(24)25/h3-4,7-8,13,18,23,31H,2,5-6,9-12H2,1H3/t18-/m0/s1. The van der Waals surface area contributed by atoms with Crippen LogP contribution in [0.4, 0.5) is 8.78 Å². The number of rotatable bonds is 7. The highest BCUT2D eigenvalue weighted by Crippen LogP contribution is 2.30. The van der Waals surface area contributed by atoms with Gasteiger partial charge in [0.25, 0.3) is 5.91 Å². The summed E-state index contributed by atoms with van der Waals surface area (Å²) in [6, 6.07) is 6.13. The maximum absolute atomic E-state index is 13.0. The first-order valence-corrected chi connectivity index (χ1v) is 11.0. The number of aromatic nitrogens is 1. The third-order valence-corrected chi connectivity index (χ3v) is 6.16. The number of aryl methyl sites for hydroxylation is 1. The van der Waals surface area contributed by atoms with Crippen LogP contribution in [0.3, 0.4) is 0 Å². The molecule has 2 aliphatic rings. The first-order valence-electron chi connectivity index (χ1n) is 11.0. The highest BCUT2D eigenvalue weighted by Gasteiger charge is 2.40. The summed E-state index contributed by atoms with van der Waals surface area (Å²) in [4.78, 5) is 40.4. The van der Waals surface area contributed by atoms with Crippen LogP contribution < -0.4 is 15.2 Å². The van der Waals surface area contributed by atoms with Gasteiger partial charge >= 0.3 is 6.61 Å². The molecule has 1 atom stereocenters. The summed E-state index contributed by atoms with van der Waals surface area (Å²) in [7, 11) is 0. The van der Waals surface area contributed by atoms with Gasteiger partial charge in [-0.25, -0.2) is 0 Å². The molecule has 33 heavy (non-hydrogen) atoms. The van der Waals surface area contributed by atoms with Crippen LogP contribution in [0, 0.1) is 0 Å².